The summed E-state index contributed by atoms with van der Waals surface area (Å²) in [6, 6.07) is 19.2. The van der Waals surface area contributed by atoms with Crippen molar-refractivity contribution in [1.29, 1.82) is 0 Å². The van der Waals surface area contributed by atoms with Crippen LogP contribution in [0.3, 0.4) is 0 Å². The number of carbonyl (C=O) groups is 2. The Morgan fingerprint density at radius 1 is 0.976 bits per heavy atom. The number of aromatic nitrogens is 3. The number of carbonyl (C=O) groups excluding carboxylic acids is 2. The van der Waals surface area contributed by atoms with E-state index in [1.54, 1.807) is 24.4 Å². The van der Waals surface area contributed by atoms with Gasteiger partial charge in [0.05, 0.1) is 16.2 Å². The largest absolute Gasteiger partial charge is 0.490 e. The third kappa shape index (κ3) is 6.39. The first-order valence-corrected chi connectivity index (χ1v) is 13.2. The van der Waals surface area contributed by atoms with Crippen LogP contribution in [0.25, 0.3) is 33.3 Å². The van der Waals surface area contributed by atoms with Gasteiger partial charge in [0.1, 0.15) is 5.69 Å². The fourth-order valence-electron chi connectivity index (χ4n) is 4.16. The summed E-state index contributed by atoms with van der Waals surface area (Å²) in [6.07, 6.45) is -2.93. The number of pyridine rings is 2. The van der Waals surface area contributed by atoms with Crippen LogP contribution in [0.2, 0.25) is 0 Å². The molecular formula is C29H22F3N5O3S. The summed E-state index contributed by atoms with van der Waals surface area (Å²) >= 11 is 1.52. The average molecular weight is 578 g/mol. The number of amides is 1. The predicted octanol–water partition coefficient (Wildman–Crippen LogP) is 5.46. The minimum Gasteiger partial charge on any atom is -0.436 e. The highest BCUT2D eigenvalue weighted by Crippen LogP contribution is 2.34. The highest BCUT2D eigenvalue weighted by molar-refractivity contribution is 7.09. The van der Waals surface area contributed by atoms with Crippen LogP contribution in [0, 0.1) is 0 Å². The molecule has 5 aromatic rings. The fourth-order valence-corrected chi connectivity index (χ4v) is 4.78. The molecule has 1 atom stereocenters. The van der Waals surface area contributed by atoms with Gasteiger partial charge in [-0.1, -0.05) is 54.6 Å². The molecule has 0 saturated heterocycles. The number of hydrogen-bond donors (Lipinski definition) is 2. The van der Waals surface area contributed by atoms with E-state index in [-0.39, 0.29) is 17.2 Å². The number of hydrogen-bond acceptors (Lipinski definition) is 8. The second-order valence-corrected chi connectivity index (χ2v) is 9.83. The van der Waals surface area contributed by atoms with Gasteiger partial charge in [-0.15, -0.1) is 11.3 Å². The molecule has 0 radical (unpaired) electrons. The number of alkyl halides is 3. The number of fused-ring (bicyclic) bond motifs is 1. The van der Waals surface area contributed by atoms with Gasteiger partial charge in [0.2, 0.25) is 0 Å². The van der Waals surface area contributed by atoms with E-state index in [2.05, 4.69) is 20.0 Å². The number of thiazole rings is 1. The van der Waals surface area contributed by atoms with Crippen LogP contribution in [0.4, 0.5) is 13.2 Å². The zero-order valence-corrected chi connectivity index (χ0v) is 22.1. The number of halogens is 3. The second-order valence-electron chi connectivity index (χ2n) is 8.85. The zero-order chi connectivity index (χ0) is 29.0. The standard InChI is InChI=1S/C29H22F3N5O3S/c30-29(31,32)28(39)40-26(33)19-8-6-18(7-9-19)24-20(17-4-2-1-3-5-17)16-21-22(37-24)10-12-35-25(21)27(38)36-13-11-23-34-14-15-41-23/h1-10,12,14-16,26H,11,13,33H2,(H,36,38). The lowest BCUT2D eigenvalue weighted by Crippen LogP contribution is -2.29. The first kappa shape index (κ1) is 27.9. The SMILES string of the molecule is NC(OC(=O)C(F)(F)F)c1ccc(-c2nc3ccnc(C(=O)NCCc4nccs4)c3cc2-c2ccccc2)cc1. The van der Waals surface area contributed by atoms with E-state index in [1.807, 2.05) is 41.8 Å². The van der Waals surface area contributed by atoms with Crippen LogP contribution in [-0.4, -0.2) is 39.5 Å². The summed E-state index contributed by atoms with van der Waals surface area (Å²) in [5, 5.41) is 6.24. The Balaban J connectivity index is 1.49. The van der Waals surface area contributed by atoms with Crippen molar-refractivity contribution < 1.29 is 27.5 Å². The Hall–Kier alpha value is -4.68. The molecule has 3 N–H and O–H groups in total. The van der Waals surface area contributed by atoms with E-state index in [0.29, 0.717) is 40.7 Å². The van der Waals surface area contributed by atoms with Gasteiger partial charge in [-0.2, -0.15) is 13.2 Å². The Morgan fingerprint density at radius 2 is 1.73 bits per heavy atom. The van der Waals surface area contributed by atoms with Crippen molar-refractivity contribution in [2.45, 2.75) is 18.8 Å². The van der Waals surface area contributed by atoms with Crippen LogP contribution in [0.15, 0.2) is 84.5 Å². The molecule has 0 aliphatic carbocycles. The van der Waals surface area contributed by atoms with Crippen molar-refractivity contribution in [3.05, 3.63) is 101 Å². The maximum Gasteiger partial charge on any atom is 0.490 e. The maximum absolute atomic E-state index is 13.1. The van der Waals surface area contributed by atoms with Crippen LogP contribution in [0.1, 0.15) is 27.3 Å². The third-order valence-electron chi connectivity index (χ3n) is 6.13. The van der Waals surface area contributed by atoms with E-state index in [4.69, 9.17) is 10.7 Å². The summed E-state index contributed by atoms with van der Waals surface area (Å²) in [5.74, 6) is -2.71. The Labute approximate surface area is 236 Å². The van der Waals surface area contributed by atoms with Gasteiger partial charge in [0.15, 0.2) is 6.23 Å². The smallest absolute Gasteiger partial charge is 0.436 e. The van der Waals surface area contributed by atoms with Crippen molar-refractivity contribution in [2.75, 3.05) is 6.54 Å². The van der Waals surface area contributed by atoms with Gasteiger partial charge in [-0.05, 0) is 17.7 Å². The van der Waals surface area contributed by atoms with Gasteiger partial charge in [-0.3, -0.25) is 15.5 Å². The topological polar surface area (TPSA) is 120 Å². The molecule has 208 valence electrons. The van der Waals surface area contributed by atoms with Crippen molar-refractivity contribution >= 4 is 34.1 Å². The quantitative estimate of drug-likeness (QED) is 0.186. The van der Waals surface area contributed by atoms with E-state index in [0.717, 1.165) is 10.6 Å². The van der Waals surface area contributed by atoms with Gasteiger partial charge >= 0.3 is 12.1 Å². The molecule has 5 rings (SSSR count). The summed E-state index contributed by atoms with van der Waals surface area (Å²) in [5.41, 5.74) is 9.35. The minimum atomic E-state index is -5.15. The fraction of sp³-hybridized carbons (Fsp3) is 0.138. The summed E-state index contributed by atoms with van der Waals surface area (Å²) < 4.78 is 42.0. The molecule has 12 heteroatoms. The monoisotopic (exact) mass is 577 g/mol. The normalized spacial score (nSPS) is 12.2. The number of nitrogens with one attached hydrogen (secondary N) is 1. The number of esters is 1. The summed E-state index contributed by atoms with van der Waals surface area (Å²) in [6.45, 7) is 0.397. The van der Waals surface area contributed by atoms with Crippen LogP contribution < -0.4 is 11.1 Å². The van der Waals surface area contributed by atoms with Gasteiger partial charge in [-0.25, -0.2) is 14.8 Å². The van der Waals surface area contributed by atoms with E-state index in [1.165, 1.54) is 29.7 Å². The van der Waals surface area contributed by atoms with Crippen LogP contribution in [0.5, 0.6) is 0 Å². The Kier molecular flexibility index (Phi) is 8.04. The second kappa shape index (κ2) is 11.8. The minimum absolute atomic E-state index is 0.175. The third-order valence-corrected chi connectivity index (χ3v) is 6.97. The highest BCUT2D eigenvalue weighted by atomic mass is 32.1. The lowest BCUT2D eigenvalue weighted by atomic mass is 9.96. The average Bonchev–Trinajstić information content (AvgIpc) is 3.49. The zero-order valence-electron chi connectivity index (χ0n) is 21.3. The molecule has 1 unspecified atom stereocenters. The number of nitrogens with two attached hydrogens (primary N) is 1. The summed E-state index contributed by atoms with van der Waals surface area (Å²) in [7, 11) is 0. The molecule has 8 nitrogen and oxygen atoms in total. The van der Waals surface area contributed by atoms with Crippen molar-refractivity contribution in [2.24, 2.45) is 5.73 Å². The molecule has 0 bridgehead atoms. The molecule has 0 saturated carbocycles. The molecule has 0 aliphatic heterocycles. The molecular weight excluding hydrogens is 555 g/mol. The molecule has 0 fully saturated rings. The Bertz CT molecular complexity index is 1680. The lowest BCUT2D eigenvalue weighted by molar-refractivity contribution is -0.205. The predicted molar refractivity (Wildman–Crippen MR) is 148 cm³/mol. The number of nitrogens with zero attached hydrogens (tertiary/aromatic N) is 3. The first-order valence-electron chi connectivity index (χ1n) is 12.4. The van der Waals surface area contributed by atoms with Crippen LogP contribution >= 0.6 is 11.3 Å². The molecule has 0 spiro atoms. The Morgan fingerprint density at radius 3 is 2.41 bits per heavy atom. The molecule has 3 heterocycles. The van der Waals surface area contributed by atoms with Gasteiger partial charge in [0, 0.05) is 52.8 Å². The van der Waals surface area contributed by atoms with E-state index in [9.17, 15) is 22.8 Å². The number of rotatable bonds is 8. The van der Waals surface area contributed by atoms with Gasteiger partial charge in [0.25, 0.3) is 5.91 Å². The van der Waals surface area contributed by atoms with Crippen molar-refractivity contribution in [1.82, 2.24) is 20.3 Å². The molecule has 0 aliphatic rings. The molecule has 1 amide bonds. The first-order chi connectivity index (χ1) is 19.7. The summed E-state index contributed by atoms with van der Waals surface area (Å²) in [4.78, 5) is 37.7. The highest BCUT2D eigenvalue weighted by Gasteiger charge is 2.42. The van der Waals surface area contributed by atoms with E-state index >= 15 is 0 Å². The van der Waals surface area contributed by atoms with Crippen LogP contribution in [-0.2, 0) is 16.0 Å². The maximum atomic E-state index is 13.1. The van der Waals surface area contributed by atoms with Gasteiger partial charge < -0.3 is 10.1 Å². The van der Waals surface area contributed by atoms with Crippen molar-refractivity contribution in [3.8, 4) is 22.4 Å². The van der Waals surface area contributed by atoms with E-state index < -0.39 is 18.4 Å². The molecule has 2 aromatic carbocycles. The number of benzene rings is 2. The number of ether oxygens (including phenoxy) is 1. The molecule has 41 heavy (non-hydrogen) atoms. The van der Waals surface area contributed by atoms with Crippen molar-refractivity contribution in [3.63, 3.8) is 0 Å². The molecule has 3 aromatic heterocycles. The lowest BCUT2D eigenvalue weighted by Gasteiger charge is -2.16.